The molecule has 140 valence electrons. The van der Waals surface area contributed by atoms with Crippen molar-refractivity contribution in [2.24, 2.45) is 15.2 Å². The van der Waals surface area contributed by atoms with Gasteiger partial charge in [0.1, 0.15) is 5.25 Å². The van der Waals surface area contributed by atoms with Crippen molar-refractivity contribution in [3.63, 3.8) is 0 Å². The van der Waals surface area contributed by atoms with Gasteiger partial charge in [-0.25, -0.2) is 0 Å². The zero-order valence-electron chi connectivity index (χ0n) is 14.9. The number of amidine groups is 1. The average molecular weight is 392 g/mol. The van der Waals surface area contributed by atoms with Crippen molar-refractivity contribution < 1.29 is 14.7 Å². The lowest BCUT2D eigenvalue weighted by Gasteiger charge is -2.04. The van der Waals surface area contributed by atoms with Crippen LogP contribution in [0.3, 0.4) is 0 Å². The molecule has 7 nitrogen and oxygen atoms in total. The van der Waals surface area contributed by atoms with Crippen LogP contribution < -0.4 is 0 Å². The van der Waals surface area contributed by atoms with Gasteiger partial charge in [0.2, 0.25) is 11.0 Å². The second-order valence-corrected chi connectivity index (χ2v) is 7.57. The Morgan fingerprint density at radius 3 is 2.79 bits per heavy atom. The van der Waals surface area contributed by atoms with Gasteiger partial charge in [0.05, 0.1) is 5.52 Å². The van der Waals surface area contributed by atoms with Crippen LogP contribution in [0.1, 0.15) is 22.3 Å². The number of hydrogen-bond acceptors (Lipinski definition) is 6. The minimum absolute atomic E-state index is 0.0492. The number of carbonyl (C=O) groups is 2. The highest BCUT2D eigenvalue weighted by molar-refractivity contribution is 8.15. The quantitative estimate of drug-likeness (QED) is 0.502. The summed E-state index contributed by atoms with van der Waals surface area (Å²) in [6, 6.07) is 14.5. The van der Waals surface area contributed by atoms with Gasteiger partial charge in [-0.15, -0.1) is 10.2 Å². The van der Waals surface area contributed by atoms with Crippen molar-refractivity contribution in [1.82, 2.24) is 4.98 Å². The molecule has 0 saturated carbocycles. The Labute approximate surface area is 164 Å². The van der Waals surface area contributed by atoms with Gasteiger partial charge in [-0.1, -0.05) is 53.7 Å². The fraction of sp³-hybridized carbons (Fsp3) is 0.150. The number of aromatic nitrogens is 1. The highest BCUT2D eigenvalue weighted by Crippen LogP contribution is 2.37. The number of H-pyrrole nitrogens is 1. The minimum atomic E-state index is -0.611. The number of benzene rings is 2. The van der Waals surface area contributed by atoms with E-state index >= 15 is 0 Å². The number of aliphatic imine (C=N–C) groups is 1. The second-order valence-electron chi connectivity index (χ2n) is 6.40. The van der Waals surface area contributed by atoms with E-state index in [1.54, 1.807) is 24.3 Å². The van der Waals surface area contributed by atoms with E-state index in [1.165, 1.54) is 0 Å². The molecule has 1 amide bonds. The molecule has 0 radical (unpaired) electrons. The summed E-state index contributed by atoms with van der Waals surface area (Å²) in [6.45, 7) is 1.94. The van der Waals surface area contributed by atoms with E-state index in [1.807, 2.05) is 31.2 Å². The number of ketones is 1. The Kier molecular flexibility index (Phi) is 4.79. The van der Waals surface area contributed by atoms with Crippen molar-refractivity contribution in [2.75, 3.05) is 0 Å². The summed E-state index contributed by atoms with van der Waals surface area (Å²) in [4.78, 5) is 31.1. The number of thioether (sulfide) groups is 1. The summed E-state index contributed by atoms with van der Waals surface area (Å²) in [5.74, 6) is -0.623. The summed E-state index contributed by atoms with van der Waals surface area (Å²) in [5.41, 5.74) is 2.61. The second kappa shape index (κ2) is 7.40. The van der Waals surface area contributed by atoms with Crippen LogP contribution in [0.4, 0.5) is 5.69 Å². The van der Waals surface area contributed by atoms with E-state index in [0.717, 1.165) is 28.2 Å². The van der Waals surface area contributed by atoms with Crippen LogP contribution in [0.2, 0.25) is 0 Å². The van der Waals surface area contributed by atoms with Crippen LogP contribution in [0.25, 0.3) is 10.9 Å². The standard InChI is InChI=1S/C20H16N4O3S/c1-11-7-8-14-13(9-11)17(19(27)21-14)23-24-20-22-18(26)16(28-20)10-15(25)12-5-3-2-4-6-12/h2-9,16,21,27H,10H2,1H3. The van der Waals surface area contributed by atoms with Gasteiger partial charge >= 0.3 is 0 Å². The number of rotatable bonds is 4. The number of fused-ring (bicyclic) bond motifs is 1. The zero-order valence-corrected chi connectivity index (χ0v) is 15.7. The highest BCUT2D eigenvalue weighted by Gasteiger charge is 2.31. The monoisotopic (exact) mass is 392 g/mol. The predicted octanol–water partition coefficient (Wildman–Crippen LogP) is 4.54. The van der Waals surface area contributed by atoms with Crippen molar-refractivity contribution >= 4 is 45.2 Å². The maximum Gasteiger partial charge on any atom is 0.262 e. The number of nitrogens with zero attached hydrogens (tertiary/aromatic N) is 3. The van der Waals surface area contributed by atoms with Gasteiger partial charge in [-0.3, -0.25) is 9.59 Å². The minimum Gasteiger partial charge on any atom is -0.493 e. The van der Waals surface area contributed by atoms with Gasteiger partial charge in [0, 0.05) is 17.4 Å². The first-order valence-corrected chi connectivity index (χ1v) is 9.49. The molecule has 4 rings (SSSR count). The molecule has 2 heterocycles. The summed E-state index contributed by atoms with van der Waals surface area (Å²) < 4.78 is 0. The molecule has 28 heavy (non-hydrogen) atoms. The average Bonchev–Trinajstić information content (AvgIpc) is 3.19. The van der Waals surface area contributed by atoms with Crippen LogP contribution >= 0.6 is 11.8 Å². The number of aromatic hydroxyl groups is 1. The number of hydrogen-bond donors (Lipinski definition) is 2. The number of Topliss-reactive ketones (excluding diaryl/α,β-unsaturated/α-hetero) is 1. The van der Waals surface area contributed by atoms with Crippen molar-refractivity contribution in [1.29, 1.82) is 0 Å². The number of amides is 1. The largest absolute Gasteiger partial charge is 0.493 e. The third kappa shape index (κ3) is 3.59. The number of azo groups is 1. The molecule has 2 N–H and O–H groups in total. The first-order chi connectivity index (χ1) is 13.5. The lowest BCUT2D eigenvalue weighted by molar-refractivity contribution is -0.117. The molecular formula is C20H16N4O3S. The van der Waals surface area contributed by atoms with Crippen LogP contribution in [0.15, 0.2) is 63.8 Å². The first-order valence-electron chi connectivity index (χ1n) is 8.62. The molecule has 1 unspecified atom stereocenters. The first kappa shape index (κ1) is 18.1. The molecule has 8 heteroatoms. The molecule has 1 aliphatic rings. The Morgan fingerprint density at radius 1 is 1.21 bits per heavy atom. The molecular weight excluding hydrogens is 376 g/mol. The molecule has 2 aromatic carbocycles. The predicted molar refractivity (Wildman–Crippen MR) is 108 cm³/mol. The molecule has 0 bridgehead atoms. The third-order valence-electron chi connectivity index (χ3n) is 4.34. The van der Waals surface area contributed by atoms with Crippen molar-refractivity contribution in [3.05, 3.63) is 59.7 Å². The van der Waals surface area contributed by atoms with Crippen molar-refractivity contribution in [3.8, 4) is 5.88 Å². The van der Waals surface area contributed by atoms with Gasteiger partial charge in [-0.2, -0.15) is 4.99 Å². The molecule has 0 spiro atoms. The number of aromatic amines is 1. The molecule has 0 aliphatic carbocycles. The number of aryl methyl sites for hydroxylation is 1. The summed E-state index contributed by atoms with van der Waals surface area (Å²) in [7, 11) is 0. The molecule has 0 fully saturated rings. The smallest absolute Gasteiger partial charge is 0.262 e. The Morgan fingerprint density at radius 2 is 2.00 bits per heavy atom. The van der Waals surface area contributed by atoms with E-state index in [2.05, 4.69) is 20.2 Å². The Hall–Kier alpha value is -3.26. The van der Waals surface area contributed by atoms with E-state index in [4.69, 9.17) is 0 Å². The molecule has 3 aromatic rings. The number of nitrogens with one attached hydrogen (secondary N) is 1. The fourth-order valence-corrected chi connectivity index (χ4v) is 3.80. The van der Waals surface area contributed by atoms with Crippen molar-refractivity contribution in [2.45, 2.75) is 18.6 Å². The van der Waals surface area contributed by atoms with E-state index in [0.29, 0.717) is 11.3 Å². The SMILES string of the molecule is Cc1ccc2[nH]c(O)c(N=NC3=NC(=O)C(CC(=O)c4ccccc4)S3)c2c1. The summed E-state index contributed by atoms with van der Waals surface area (Å²) in [6.07, 6.45) is 0.0492. The normalized spacial score (nSPS) is 16.8. The summed E-state index contributed by atoms with van der Waals surface area (Å²) >= 11 is 1.11. The maximum atomic E-state index is 12.3. The maximum absolute atomic E-state index is 12.3. The zero-order chi connectivity index (χ0) is 19.7. The van der Waals surface area contributed by atoms with Crippen LogP contribution in [0.5, 0.6) is 5.88 Å². The third-order valence-corrected chi connectivity index (χ3v) is 5.38. The Bertz CT molecular complexity index is 1140. The number of carbonyl (C=O) groups excluding carboxylic acids is 2. The highest BCUT2D eigenvalue weighted by atomic mass is 32.2. The molecule has 0 saturated heterocycles. The molecule has 1 aliphatic heterocycles. The summed E-state index contributed by atoms with van der Waals surface area (Å²) in [5, 5.41) is 18.5. The lowest BCUT2D eigenvalue weighted by atomic mass is 10.1. The molecule has 1 aromatic heterocycles. The van der Waals surface area contributed by atoms with Gasteiger partial charge in [0.15, 0.2) is 11.5 Å². The Balaban J connectivity index is 1.49. The molecule has 1 atom stereocenters. The van der Waals surface area contributed by atoms with Gasteiger partial charge in [0.25, 0.3) is 5.91 Å². The van der Waals surface area contributed by atoms with E-state index in [-0.39, 0.29) is 23.3 Å². The van der Waals surface area contributed by atoms with Crippen LogP contribution in [-0.4, -0.2) is 32.2 Å². The van der Waals surface area contributed by atoms with Gasteiger partial charge in [-0.05, 0) is 19.1 Å². The van der Waals surface area contributed by atoms with E-state index in [9.17, 15) is 14.7 Å². The van der Waals surface area contributed by atoms with Gasteiger partial charge < -0.3 is 10.1 Å². The topological polar surface area (TPSA) is 107 Å². The fourth-order valence-electron chi connectivity index (χ4n) is 2.93. The van der Waals surface area contributed by atoms with Crippen LogP contribution in [0, 0.1) is 6.92 Å². The lowest BCUT2D eigenvalue weighted by Crippen LogP contribution is -2.16. The van der Waals surface area contributed by atoms with Crippen LogP contribution in [-0.2, 0) is 4.79 Å². The van der Waals surface area contributed by atoms with E-state index < -0.39 is 11.2 Å².